The lowest BCUT2D eigenvalue weighted by molar-refractivity contribution is -0.386. The second kappa shape index (κ2) is 8.80. The number of nitro groups is 1. The maximum Gasteiger partial charge on any atom is 0.410 e. The second-order valence-corrected chi connectivity index (χ2v) is 9.22. The number of carbonyl (C=O) groups excluding carboxylic acids is 1. The molecule has 31 heavy (non-hydrogen) atoms. The van der Waals surface area contributed by atoms with Gasteiger partial charge < -0.3 is 14.4 Å². The number of piperidine rings is 1. The average Bonchev–Trinajstić information content (AvgIpc) is 2.67. The molecule has 0 N–H and O–H groups in total. The summed E-state index contributed by atoms with van der Waals surface area (Å²) in [6.45, 7) is 3.69. The third kappa shape index (κ3) is 5.71. The molecule has 0 atom stereocenters. The molecule has 9 heteroatoms. The van der Waals surface area contributed by atoms with Crippen molar-refractivity contribution in [3.8, 4) is 5.75 Å². The van der Waals surface area contributed by atoms with E-state index < -0.39 is 28.6 Å². The smallest absolute Gasteiger partial charge is 0.410 e. The van der Waals surface area contributed by atoms with E-state index in [1.54, 1.807) is 11.0 Å². The number of benzene rings is 1. The molecular weight excluding hydrogens is 410 g/mol. The number of halogens is 2. The Morgan fingerprint density at radius 1 is 1.23 bits per heavy atom. The summed E-state index contributed by atoms with van der Waals surface area (Å²) in [5.74, 6) is -0.427. The number of likely N-dealkylation sites (tertiary alicyclic amines) is 1. The third-order valence-electron chi connectivity index (χ3n) is 5.93. The summed E-state index contributed by atoms with van der Waals surface area (Å²) in [6, 6.07) is 4.10. The van der Waals surface area contributed by atoms with E-state index in [9.17, 15) is 23.7 Å². The van der Waals surface area contributed by atoms with Gasteiger partial charge in [0.2, 0.25) is 5.75 Å². The molecular formula is C22H28F2N2O5. The number of ether oxygens (including phenoxy) is 2. The highest BCUT2D eigenvalue weighted by Crippen LogP contribution is 2.46. The van der Waals surface area contributed by atoms with E-state index in [2.05, 4.69) is 10.8 Å². The summed E-state index contributed by atoms with van der Waals surface area (Å²) in [5.41, 5.74) is 0.722. The van der Waals surface area contributed by atoms with Gasteiger partial charge in [-0.2, -0.15) is 8.78 Å². The fraction of sp³-hybridized carbons (Fsp3) is 0.591. The van der Waals surface area contributed by atoms with Crippen molar-refractivity contribution in [1.29, 1.82) is 0 Å². The van der Waals surface area contributed by atoms with E-state index in [0.717, 1.165) is 37.7 Å². The number of hydrogen-bond acceptors (Lipinski definition) is 5. The topological polar surface area (TPSA) is 81.9 Å². The highest BCUT2D eigenvalue weighted by Gasteiger charge is 2.38. The fourth-order valence-corrected chi connectivity index (χ4v) is 4.21. The molecule has 2 aliphatic rings. The molecule has 0 radical (unpaired) electrons. The number of allylic oxidation sites excluding steroid dienone is 2. The van der Waals surface area contributed by atoms with Gasteiger partial charge in [0.05, 0.1) is 4.92 Å². The van der Waals surface area contributed by atoms with Gasteiger partial charge >= 0.3 is 18.4 Å². The summed E-state index contributed by atoms with van der Waals surface area (Å²) in [5, 5.41) is 11.1. The monoisotopic (exact) mass is 438 g/mol. The van der Waals surface area contributed by atoms with Gasteiger partial charge in [0.25, 0.3) is 0 Å². The number of amides is 1. The first kappa shape index (κ1) is 23.0. The molecule has 1 aromatic carbocycles. The van der Waals surface area contributed by atoms with E-state index in [0.29, 0.717) is 18.7 Å². The predicted octanol–water partition coefficient (Wildman–Crippen LogP) is 5.78. The first-order valence-corrected chi connectivity index (χ1v) is 10.4. The molecule has 170 valence electrons. The minimum absolute atomic E-state index is 0.102. The molecule has 1 saturated heterocycles. The molecule has 1 spiro atoms. The van der Waals surface area contributed by atoms with E-state index in [1.807, 2.05) is 20.8 Å². The Morgan fingerprint density at radius 2 is 1.90 bits per heavy atom. The lowest BCUT2D eigenvalue weighted by atomic mass is 9.68. The fourth-order valence-electron chi connectivity index (χ4n) is 4.21. The largest absolute Gasteiger partial charge is 0.444 e. The number of carbonyl (C=O) groups is 1. The molecule has 0 unspecified atom stereocenters. The third-order valence-corrected chi connectivity index (χ3v) is 5.93. The summed E-state index contributed by atoms with van der Waals surface area (Å²) in [7, 11) is 0. The molecule has 1 aliphatic heterocycles. The molecule has 0 aromatic heterocycles. The minimum Gasteiger partial charge on any atom is -0.444 e. The predicted molar refractivity (Wildman–Crippen MR) is 111 cm³/mol. The van der Waals surface area contributed by atoms with E-state index in [-0.39, 0.29) is 11.5 Å². The Labute approximate surface area is 180 Å². The van der Waals surface area contributed by atoms with E-state index >= 15 is 0 Å². The molecule has 1 aliphatic carbocycles. The Balaban J connectivity index is 1.67. The van der Waals surface area contributed by atoms with Crippen LogP contribution in [0.5, 0.6) is 5.75 Å². The number of alkyl halides is 2. The molecule has 1 amide bonds. The van der Waals surface area contributed by atoms with Crippen LogP contribution in [-0.2, 0) is 4.74 Å². The van der Waals surface area contributed by atoms with Crippen LogP contribution >= 0.6 is 0 Å². The van der Waals surface area contributed by atoms with Crippen LogP contribution in [0.15, 0.2) is 24.3 Å². The maximum absolute atomic E-state index is 12.7. The van der Waals surface area contributed by atoms with Crippen LogP contribution in [0.1, 0.15) is 58.4 Å². The molecule has 1 fully saturated rings. The van der Waals surface area contributed by atoms with Gasteiger partial charge in [-0.3, -0.25) is 10.1 Å². The van der Waals surface area contributed by atoms with Crippen LogP contribution in [-0.4, -0.2) is 41.2 Å². The maximum atomic E-state index is 12.7. The standard InChI is InChI=1S/C22H28F2N2O5/c1-21(2,3)31-20(27)25-12-10-22(11-13-25)8-6-15(7-9-22)16-4-5-17(26(28)29)18(14-16)30-19(23)24/h4-6,14,19H,7-13H2,1-3H3. The van der Waals surface area contributed by atoms with E-state index in [4.69, 9.17) is 4.74 Å². The highest BCUT2D eigenvalue weighted by atomic mass is 19.3. The lowest BCUT2D eigenvalue weighted by Gasteiger charge is -2.43. The second-order valence-electron chi connectivity index (χ2n) is 9.22. The average molecular weight is 438 g/mol. The Morgan fingerprint density at radius 3 is 2.42 bits per heavy atom. The molecule has 3 rings (SSSR count). The van der Waals surface area contributed by atoms with Gasteiger partial charge in [0.15, 0.2) is 0 Å². The van der Waals surface area contributed by atoms with Gasteiger partial charge in [0, 0.05) is 19.2 Å². The molecule has 1 heterocycles. The van der Waals surface area contributed by atoms with Gasteiger partial charge in [-0.1, -0.05) is 6.08 Å². The van der Waals surface area contributed by atoms with Gasteiger partial charge in [-0.25, -0.2) is 4.79 Å². The quantitative estimate of drug-likeness (QED) is 0.440. The SMILES string of the molecule is CC(C)(C)OC(=O)N1CCC2(CC=C(c3ccc([N+](=O)[O-])c(OC(F)F)c3)CC2)CC1. The first-order valence-electron chi connectivity index (χ1n) is 10.4. The summed E-state index contributed by atoms with van der Waals surface area (Å²) in [6.07, 6.45) is 5.99. The summed E-state index contributed by atoms with van der Waals surface area (Å²) in [4.78, 5) is 24.4. The zero-order valence-corrected chi connectivity index (χ0v) is 18.0. The number of rotatable bonds is 4. The zero-order valence-electron chi connectivity index (χ0n) is 18.0. The first-order chi connectivity index (χ1) is 14.5. The normalized spacial score (nSPS) is 18.6. The van der Waals surface area contributed by atoms with Crippen LogP contribution in [0, 0.1) is 15.5 Å². The van der Waals surface area contributed by atoms with Crippen LogP contribution < -0.4 is 4.74 Å². The van der Waals surface area contributed by atoms with Crippen LogP contribution in [0.4, 0.5) is 19.3 Å². The van der Waals surface area contributed by atoms with Crippen molar-refractivity contribution in [1.82, 2.24) is 4.90 Å². The zero-order chi connectivity index (χ0) is 22.8. The highest BCUT2D eigenvalue weighted by molar-refractivity contribution is 5.70. The number of hydrogen-bond donors (Lipinski definition) is 0. The number of nitro benzene ring substituents is 1. The molecule has 0 saturated carbocycles. The van der Waals surface area contributed by atoms with Crippen molar-refractivity contribution in [2.45, 2.75) is 65.1 Å². The minimum atomic E-state index is -3.13. The molecule has 1 aromatic rings. The van der Waals surface area contributed by atoms with Crippen LogP contribution in [0.25, 0.3) is 5.57 Å². The van der Waals surface area contributed by atoms with Crippen molar-refractivity contribution in [2.75, 3.05) is 13.1 Å². The summed E-state index contributed by atoms with van der Waals surface area (Å²) >= 11 is 0. The van der Waals surface area contributed by atoms with Crippen molar-refractivity contribution in [2.24, 2.45) is 5.41 Å². The molecule has 7 nitrogen and oxygen atoms in total. The van der Waals surface area contributed by atoms with Gasteiger partial charge in [0.1, 0.15) is 5.60 Å². The lowest BCUT2D eigenvalue weighted by Crippen LogP contribution is -2.45. The van der Waals surface area contributed by atoms with Crippen molar-refractivity contribution in [3.63, 3.8) is 0 Å². The number of nitrogens with zero attached hydrogens (tertiary/aromatic N) is 2. The van der Waals surface area contributed by atoms with Crippen LogP contribution in [0.3, 0.4) is 0 Å². The Bertz CT molecular complexity index is 871. The Hall–Kier alpha value is -2.71. The van der Waals surface area contributed by atoms with Crippen LogP contribution in [0.2, 0.25) is 0 Å². The van der Waals surface area contributed by atoms with Crippen molar-refractivity contribution in [3.05, 3.63) is 40.0 Å². The van der Waals surface area contributed by atoms with Gasteiger partial charge in [-0.15, -0.1) is 0 Å². The van der Waals surface area contributed by atoms with Crippen molar-refractivity contribution < 1.29 is 28.0 Å². The Kier molecular flexibility index (Phi) is 6.52. The molecule has 0 bridgehead atoms. The summed E-state index contributed by atoms with van der Waals surface area (Å²) < 4.78 is 35.1. The van der Waals surface area contributed by atoms with Crippen molar-refractivity contribution >= 4 is 17.4 Å². The van der Waals surface area contributed by atoms with E-state index in [1.165, 1.54) is 12.1 Å². The van der Waals surface area contributed by atoms with Gasteiger partial charge in [-0.05, 0) is 81.6 Å².